The maximum absolute atomic E-state index is 14.0. The van der Waals surface area contributed by atoms with Crippen LogP contribution in [-0.4, -0.2) is 35.9 Å². The first-order chi connectivity index (χ1) is 19.4. The largest absolute Gasteiger partial charge is 0.497 e. The van der Waals surface area contributed by atoms with Gasteiger partial charge in [-0.2, -0.15) is 0 Å². The van der Waals surface area contributed by atoms with E-state index in [0.717, 1.165) is 48.1 Å². The van der Waals surface area contributed by atoms with Gasteiger partial charge in [-0.25, -0.2) is 0 Å². The highest BCUT2D eigenvalue weighted by atomic mass is 16.5. The molecule has 1 aliphatic rings. The van der Waals surface area contributed by atoms with Crippen molar-refractivity contribution < 1.29 is 14.3 Å². The first kappa shape index (κ1) is 29.4. The van der Waals surface area contributed by atoms with Crippen molar-refractivity contribution in [1.29, 1.82) is 0 Å². The minimum atomic E-state index is -0.605. The van der Waals surface area contributed by atoms with E-state index < -0.39 is 6.04 Å². The third kappa shape index (κ3) is 8.45. The Hall–Kier alpha value is -3.60. The molecule has 40 heavy (non-hydrogen) atoms. The first-order valence-corrected chi connectivity index (χ1v) is 14.8. The Balaban J connectivity index is 1.60. The lowest BCUT2D eigenvalue weighted by molar-refractivity contribution is -0.141. The zero-order chi connectivity index (χ0) is 28.3. The van der Waals surface area contributed by atoms with Crippen LogP contribution in [0.4, 0.5) is 0 Å². The number of hydrogen-bond acceptors (Lipinski definition) is 3. The highest BCUT2D eigenvalue weighted by Crippen LogP contribution is 2.22. The summed E-state index contributed by atoms with van der Waals surface area (Å²) in [6.45, 7) is 4.71. The topological polar surface area (TPSA) is 58.6 Å². The quantitative estimate of drug-likeness (QED) is 0.274. The van der Waals surface area contributed by atoms with Crippen molar-refractivity contribution in [3.63, 3.8) is 0 Å². The fourth-order valence-electron chi connectivity index (χ4n) is 5.53. The van der Waals surface area contributed by atoms with Crippen molar-refractivity contribution in [2.45, 2.75) is 89.8 Å². The summed E-state index contributed by atoms with van der Waals surface area (Å²) in [6.07, 6.45) is 6.93. The molecule has 0 bridgehead atoms. The molecule has 0 radical (unpaired) electrons. The molecule has 0 aliphatic heterocycles. The maximum atomic E-state index is 14.0. The van der Waals surface area contributed by atoms with Gasteiger partial charge < -0.3 is 15.0 Å². The zero-order valence-electron chi connectivity index (χ0n) is 24.3. The highest BCUT2D eigenvalue weighted by Gasteiger charge is 2.31. The van der Waals surface area contributed by atoms with E-state index in [1.165, 1.54) is 12.0 Å². The minimum Gasteiger partial charge on any atom is -0.497 e. The molecule has 1 aliphatic carbocycles. The smallest absolute Gasteiger partial charge is 0.243 e. The van der Waals surface area contributed by atoms with E-state index in [9.17, 15) is 9.59 Å². The van der Waals surface area contributed by atoms with Gasteiger partial charge in [0, 0.05) is 25.4 Å². The Bertz CT molecular complexity index is 1220. The van der Waals surface area contributed by atoms with Crippen molar-refractivity contribution in [3.8, 4) is 5.75 Å². The Morgan fingerprint density at radius 3 is 2.25 bits per heavy atom. The molecule has 0 heterocycles. The third-order valence-electron chi connectivity index (χ3n) is 7.98. The van der Waals surface area contributed by atoms with Crippen molar-refractivity contribution in [2.75, 3.05) is 7.11 Å². The molecule has 1 saturated carbocycles. The van der Waals surface area contributed by atoms with E-state index in [4.69, 9.17) is 4.74 Å². The second kappa shape index (κ2) is 14.7. The molecule has 1 N–H and O–H groups in total. The minimum absolute atomic E-state index is 0.0181. The van der Waals surface area contributed by atoms with Crippen molar-refractivity contribution in [2.24, 2.45) is 0 Å². The number of benzene rings is 3. The summed E-state index contributed by atoms with van der Waals surface area (Å²) in [6, 6.07) is 25.9. The summed E-state index contributed by atoms with van der Waals surface area (Å²) < 4.78 is 5.45. The molecule has 3 aromatic rings. The van der Waals surface area contributed by atoms with Gasteiger partial charge in [0.25, 0.3) is 0 Å². The molecule has 0 saturated heterocycles. The number of rotatable bonds is 12. The van der Waals surface area contributed by atoms with Crippen LogP contribution in [0, 0.1) is 0 Å². The molecule has 5 heteroatoms. The van der Waals surface area contributed by atoms with E-state index in [1.807, 2.05) is 54.6 Å². The average molecular weight is 541 g/mol. The lowest BCUT2D eigenvalue weighted by atomic mass is 9.94. The number of carbonyl (C=O) groups is 2. The Kier molecular flexibility index (Phi) is 10.8. The fraction of sp³-hybridized carbons (Fsp3) is 0.429. The predicted octanol–water partition coefficient (Wildman–Crippen LogP) is 6.84. The van der Waals surface area contributed by atoms with Crippen molar-refractivity contribution >= 4 is 11.8 Å². The summed E-state index contributed by atoms with van der Waals surface area (Å²) >= 11 is 0. The second-order valence-electron chi connectivity index (χ2n) is 11.3. The average Bonchev–Trinajstić information content (AvgIpc) is 2.99. The van der Waals surface area contributed by atoms with Gasteiger partial charge >= 0.3 is 0 Å². The Labute approximate surface area is 239 Å². The number of hydrogen-bond donors (Lipinski definition) is 1. The molecule has 0 spiro atoms. The molecular formula is C35H44N2O3. The number of nitrogens with zero attached hydrogens (tertiary/aromatic N) is 1. The number of ether oxygens (including phenoxy) is 1. The molecular weight excluding hydrogens is 496 g/mol. The second-order valence-corrected chi connectivity index (χ2v) is 11.3. The summed E-state index contributed by atoms with van der Waals surface area (Å²) in [5.41, 5.74) is 4.40. The third-order valence-corrected chi connectivity index (χ3v) is 7.98. The van der Waals surface area contributed by atoms with E-state index in [1.54, 1.807) is 12.0 Å². The van der Waals surface area contributed by atoms with E-state index in [-0.39, 0.29) is 17.9 Å². The molecule has 0 aromatic heterocycles. The SMILES string of the molecule is COc1cccc(CN(C(=O)CCc2ccc(C(C)C)cc2)C(Cc2ccccc2)C(=O)NC2CCCCC2)c1. The predicted molar refractivity (Wildman–Crippen MR) is 161 cm³/mol. The lowest BCUT2D eigenvalue weighted by Crippen LogP contribution is -2.52. The number of aryl methyl sites for hydroxylation is 1. The zero-order valence-corrected chi connectivity index (χ0v) is 24.3. The molecule has 1 unspecified atom stereocenters. The molecule has 1 fully saturated rings. The molecule has 4 rings (SSSR count). The van der Waals surface area contributed by atoms with Crippen LogP contribution in [0.5, 0.6) is 5.75 Å². The van der Waals surface area contributed by atoms with E-state index >= 15 is 0 Å². The molecule has 5 nitrogen and oxygen atoms in total. The molecule has 2 amide bonds. The summed E-state index contributed by atoms with van der Waals surface area (Å²) in [5.74, 6) is 1.13. The van der Waals surface area contributed by atoms with Gasteiger partial charge in [0.15, 0.2) is 0 Å². The van der Waals surface area contributed by atoms with Crippen LogP contribution in [0.25, 0.3) is 0 Å². The van der Waals surface area contributed by atoms with Gasteiger partial charge in [-0.05, 0) is 59.6 Å². The molecule has 3 aromatic carbocycles. The standard InChI is InChI=1S/C35H44N2O3/c1-26(2)30-20-17-27(18-21-30)19-22-34(38)37(25-29-13-10-16-32(23-29)40-3)33(24-28-11-6-4-7-12-28)35(39)36-31-14-8-5-9-15-31/h4,6-7,10-13,16-18,20-21,23,26,31,33H,5,8-9,14-15,19,22,24-25H2,1-3H3,(H,36,39). The highest BCUT2D eigenvalue weighted by molar-refractivity contribution is 5.88. The fourth-order valence-corrected chi connectivity index (χ4v) is 5.53. The molecule has 212 valence electrons. The van der Waals surface area contributed by atoms with Crippen molar-refractivity contribution in [1.82, 2.24) is 10.2 Å². The van der Waals surface area contributed by atoms with Crippen LogP contribution >= 0.6 is 0 Å². The molecule has 1 atom stereocenters. The monoisotopic (exact) mass is 540 g/mol. The Morgan fingerprint density at radius 2 is 1.57 bits per heavy atom. The first-order valence-electron chi connectivity index (χ1n) is 14.8. The van der Waals surface area contributed by atoms with Crippen LogP contribution in [-0.2, 0) is 29.0 Å². The van der Waals surface area contributed by atoms with Gasteiger partial charge in [-0.1, -0.05) is 99.8 Å². The van der Waals surface area contributed by atoms with Gasteiger partial charge in [0.05, 0.1) is 7.11 Å². The van der Waals surface area contributed by atoms with Crippen LogP contribution in [0.1, 0.15) is 80.5 Å². The van der Waals surface area contributed by atoms with E-state index in [2.05, 4.69) is 43.4 Å². The van der Waals surface area contributed by atoms with Crippen LogP contribution in [0.15, 0.2) is 78.9 Å². The van der Waals surface area contributed by atoms with Crippen LogP contribution < -0.4 is 10.1 Å². The van der Waals surface area contributed by atoms with Crippen LogP contribution in [0.3, 0.4) is 0 Å². The number of amides is 2. The number of carbonyl (C=O) groups excluding carboxylic acids is 2. The van der Waals surface area contributed by atoms with Gasteiger partial charge in [0.1, 0.15) is 11.8 Å². The van der Waals surface area contributed by atoms with Gasteiger partial charge in [0.2, 0.25) is 11.8 Å². The normalized spacial score (nSPS) is 14.5. The van der Waals surface area contributed by atoms with Crippen LogP contribution in [0.2, 0.25) is 0 Å². The maximum Gasteiger partial charge on any atom is 0.243 e. The Morgan fingerprint density at radius 1 is 0.875 bits per heavy atom. The van der Waals surface area contributed by atoms with E-state index in [0.29, 0.717) is 31.7 Å². The summed E-state index contributed by atoms with van der Waals surface area (Å²) in [7, 11) is 1.64. The lowest BCUT2D eigenvalue weighted by Gasteiger charge is -2.33. The summed E-state index contributed by atoms with van der Waals surface area (Å²) in [5, 5.41) is 3.32. The number of methoxy groups -OCH3 is 1. The summed E-state index contributed by atoms with van der Waals surface area (Å²) in [4.78, 5) is 29.7. The number of nitrogens with one attached hydrogen (secondary N) is 1. The van der Waals surface area contributed by atoms with Crippen molar-refractivity contribution in [3.05, 3.63) is 101 Å². The van der Waals surface area contributed by atoms with Gasteiger partial charge in [-0.15, -0.1) is 0 Å². The van der Waals surface area contributed by atoms with Gasteiger partial charge in [-0.3, -0.25) is 9.59 Å².